The van der Waals surface area contributed by atoms with E-state index in [1.165, 1.54) is 11.1 Å². The van der Waals surface area contributed by atoms with Crippen LogP contribution in [0.3, 0.4) is 0 Å². The van der Waals surface area contributed by atoms with Gasteiger partial charge >= 0.3 is 5.97 Å². The first-order chi connectivity index (χ1) is 7.22. The molecule has 1 aliphatic rings. The predicted octanol–water partition coefficient (Wildman–Crippen LogP) is 1.93. The number of esters is 1. The Hall–Kier alpha value is -1.51. The summed E-state index contributed by atoms with van der Waals surface area (Å²) >= 11 is 0. The van der Waals surface area contributed by atoms with Crippen molar-refractivity contribution in [1.29, 1.82) is 0 Å². The van der Waals surface area contributed by atoms with Crippen molar-refractivity contribution in [2.45, 2.75) is 26.2 Å². The molecule has 2 N–H and O–H groups in total. The van der Waals surface area contributed by atoms with Crippen molar-refractivity contribution in [3.8, 4) is 0 Å². The van der Waals surface area contributed by atoms with Crippen LogP contribution in [-0.2, 0) is 17.6 Å². The minimum absolute atomic E-state index is 0.315. The van der Waals surface area contributed by atoms with Crippen molar-refractivity contribution in [2.75, 3.05) is 12.3 Å². The van der Waals surface area contributed by atoms with E-state index in [1.54, 1.807) is 6.92 Å². The number of hydrogen-bond acceptors (Lipinski definition) is 3. The summed E-state index contributed by atoms with van der Waals surface area (Å²) in [6, 6.07) is 3.80. The Labute approximate surface area is 89.2 Å². The number of aryl methyl sites for hydroxylation is 2. The molecule has 1 aromatic carbocycles. The summed E-state index contributed by atoms with van der Waals surface area (Å²) in [7, 11) is 0. The first-order valence-electron chi connectivity index (χ1n) is 5.30. The van der Waals surface area contributed by atoms with Crippen LogP contribution in [0.25, 0.3) is 0 Å². The number of nitrogens with two attached hydrogens (primary N) is 1. The fourth-order valence-electron chi connectivity index (χ4n) is 2.03. The highest BCUT2D eigenvalue weighted by atomic mass is 16.5. The van der Waals surface area contributed by atoms with Crippen LogP contribution in [0, 0.1) is 0 Å². The number of fused-ring (bicyclic) bond motifs is 1. The quantitative estimate of drug-likeness (QED) is 0.593. The third-order valence-corrected chi connectivity index (χ3v) is 2.76. The third kappa shape index (κ3) is 1.82. The molecule has 0 atom stereocenters. The lowest BCUT2D eigenvalue weighted by atomic mass is 10.0. The van der Waals surface area contributed by atoms with Gasteiger partial charge in [0.2, 0.25) is 0 Å². The zero-order chi connectivity index (χ0) is 10.8. The number of ether oxygens (including phenoxy) is 1. The highest BCUT2D eigenvalue weighted by Crippen LogP contribution is 2.27. The molecule has 0 aliphatic heterocycles. The molecule has 1 aromatic rings. The van der Waals surface area contributed by atoms with E-state index in [-0.39, 0.29) is 5.97 Å². The number of carbonyl (C=O) groups is 1. The molecule has 0 bridgehead atoms. The lowest BCUT2D eigenvalue weighted by molar-refractivity contribution is 0.0527. The van der Waals surface area contributed by atoms with Gasteiger partial charge < -0.3 is 10.5 Å². The van der Waals surface area contributed by atoms with E-state index in [0.717, 1.165) is 19.3 Å². The molecule has 3 heteroatoms. The lowest BCUT2D eigenvalue weighted by Crippen LogP contribution is -2.09. The van der Waals surface area contributed by atoms with Crippen LogP contribution in [0.15, 0.2) is 12.1 Å². The topological polar surface area (TPSA) is 52.3 Å². The zero-order valence-electron chi connectivity index (χ0n) is 8.88. The first kappa shape index (κ1) is 10.0. The van der Waals surface area contributed by atoms with Crippen LogP contribution in [0.1, 0.15) is 34.8 Å². The third-order valence-electron chi connectivity index (χ3n) is 2.76. The molecular weight excluding hydrogens is 190 g/mol. The number of nitrogen functional groups attached to an aromatic ring is 1. The lowest BCUT2D eigenvalue weighted by Gasteiger charge is -2.08. The Kier molecular flexibility index (Phi) is 2.62. The van der Waals surface area contributed by atoms with Crippen molar-refractivity contribution in [3.05, 3.63) is 28.8 Å². The summed E-state index contributed by atoms with van der Waals surface area (Å²) in [6.45, 7) is 2.18. The molecule has 0 fully saturated rings. The molecule has 80 valence electrons. The molecule has 0 heterocycles. The second kappa shape index (κ2) is 3.93. The van der Waals surface area contributed by atoms with Crippen LogP contribution in [0.5, 0.6) is 0 Å². The summed E-state index contributed by atoms with van der Waals surface area (Å²) in [5.41, 5.74) is 9.39. The van der Waals surface area contributed by atoms with Gasteiger partial charge in [0.05, 0.1) is 12.2 Å². The van der Waals surface area contributed by atoms with E-state index >= 15 is 0 Å². The van der Waals surface area contributed by atoms with Crippen LogP contribution in [0.2, 0.25) is 0 Å². The Morgan fingerprint density at radius 3 is 2.73 bits per heavy atom. The summed E-state index contributed by atoms with van der Waals surface area (Å²) in [4.78, 5) is 11.6. The van der Waals surface area contributed by atoms with Gasteiger partial charge in [-0.15, -0.1) is 0 Å². The Balaban J connectivity index is 2.36. The summed E-state index contributed by atoms with van der Waals surface area (Å²) in [5.74, 6) is -0.315. The first-order valence-corrected chi connectivity index (χ1v) is 5.30. The molecule has 0 saturated heterocycles. The molecule has 0 aromatic heterocycles. The van der Waals surface area contributed by atoms with E-state index in [1.807, 2.05) is 12.1 Å². The van der Waals surface area contributed by atoms with Gasteiger partial charge in [0.25, 0.3) is 0 Å². The average molecular weight is 205 g/mol. The normalized spacial score (nSPS) is 13.7. The van der Waals surface area contributed by atoms with Crippen LogP contribution >= 0.6 is 0 Å². The van der Waals surface area contributed by atoms with Gasteiger partial charge in [0.15, 0.2) is 0 Å². The van der Waals surface area contributed by atoms with E-state index in [9.17, 15) is 4.79 Å². The summed E-state index contributed by atoms with van der Waals surface area (Å²) in [5, 5.41) is 0. The van der Waals surface area contributed by atoms with Gasteiger partial charge in [-0.2, -0.15) is 0 Å². The molecule has 3 nitrogen and oxygen atoms in total. The van der Waals surface area contributed by atoms with Gasteiger partial charge in [-0.3, -0.25) is 0 Å². The molecule has 1 aliphatic carbocycles. The van der Waals surface area contributed by atoms with Crippen LogP contribution in [0.4, 0.5) is 5.69 Å². The molecule has 15 heavy (non-hydrogen) atoms. The zero-order valence-corrected chi connectivity index (χ0v) is 8.88. The monoisotopic (exact) mass is 205 g/mol. The maximum atomic E-state index is 11.6. The number of anilines is 1. The van der Waals surface area contributed by atoms with E-state index < -0.39 is 0 Å². The standard InChI is InChI=1S/C12H15NO2/c1-2-15-12(14)10-6-8-4-3-5-9(8)7-11(10)13/h6-7H,2-5,13H2,1H3. The maximum absolute atomic E-state index is 11.6. The van der Waals surface area contributed by atoms with Crippen molar-refractivity contribution in [2.24, 2.45) is 0 Å². The minimum atomic E-state index is -0.315. The number of carbonyl (C=O) groups excluding carboxylic acids is 1. The smallest absolute Gasteiger partial charge is 0.340 e. The predicted molar refractivity (Wildman–Crippen MR) is 58.8 cm³/mol. The summed E-state index contributed by atoms with van der Waals surface area (Å²) in [6.07, 6.45) is 3.27. The highest BCUT2D eigenvalue weighted by molar-refractivity contribution is 5.95. The Bertz CT molecular complexity index is 399. The molecular formula is C12H15NO2. The second-order valence-corrected chi connectivity index (χ2v) is 3.78. The van der Waals surface area contributed by atoms with E-state index in [0.29, 0.717) is 17.9 Å². The van der Waals surface area contributed by atoms with Crippen LogP contribution in [-0.4, -0.2) is 12.6 Å². The van der Waals surface area contributed by atoms with Gasteiger partial charge in [0.1, 0.15) is 0 Å². The number of benzene rings is 1. The van der Waals surface area contributed by atoms with Gasteiger partial charge in [0, 0.05) is 5.69 Å². The molecule has 0 spiro atoms. The average Bonchev–Trinajstić information content (AvgIpc) is 2.63. The minimum Gasteiger partial charge on any atom is -0.462 e. The molecule has 2 rings (SSSR count). The second-order valence-electron chi connectivity index (χ2n) is 3.78. The Morgan fingerprint density at radius 1 is 1.40 bits per heavy atom. The molecule has 0 unspecified atom stereocenters. The summed E-state index contributed by atoms with van der Waals surface area (Å²) < 4.78 is 4.95. The van der Waals surface area contributed by atoms with Crippen molar-refractivity contribution in [3.63, 3.8) is 0 Å². The maximum Gasteiger partial charge on any atom is 0.340 e. The highest BCUT2D eigenvalue weighted by Gasteiger charge is 2.17. The molecule has 0 radical (unpaired) electrons. The fourth-order valence-corrected chi connectivity index (χ4v) is 2.03. The van der Waals surface area contributed by atoms with E-state index in [2.05, 4.69) is 0 Å². The number of hydrogen-bond donors (Lipinski definition) is 1. The van der Waals surface area contributed by atoms with Crippen molar-refractivity contribution < 1.29 is 9.53 Å². The van der Waals surface area contributed by atoms with Gasteiger partial charge in [-0.25, -0.2) is 4.79 Å². The molecule has 0 saturated carbocycles. The van der Waals surface area contributed by atoms with Gasteiger partial charge in [-0.05, 0) is 49.4 Å². The number of rotatable bonds is 2. The van der Waals surface area contributed by atoms with Crippen molar-refractivity contribution in [1.82, 2.24) is 0 Å². The van der Waals surface area contributed by atoms with Crippen LogP contribution < -0.4 is 5.73 Å². The largest absolute Gasteiger partial charge is 0.462 e. The fraction of sp³-hybridized carbons (Fsp3) is 0.417. The Morgan fingerprint density at radius 2 is 2.07 bits per heavy atom. The van der Waals surface area contributed by atoms with E-state index in [4.69, 9.17) is 10.5 Å². The molecule has 0 amide bonds. The van der Waals surface area contributed by atoms with Crippen molar-refractivity contribution >= 4 is 11.7 Å². The van der Waals surface area contributed by atoms with Gasteiger partial charge in [-0.1, -0.05) is 0 Å². The SMILES string of the molecule is CCOC(=O)c1cc2c(cc1N)CCC2.